The summed E-state index contributed by atoms with van der Waals surface area (Å²) in [4.78, 5) is 0. The highest BCUT2D eigenvalue weighted by Gasteiger charge is 2.55. The Labute approximate surface area is 381 Å². The summed E-state index contributed by atoms with van der Waals surface area (Å²) in [6.45, 7) is 7.28. The highest BCUT2D eigenvalue weighted by molar-refractivity contribution is 5.82. The van der Waals surface area contributed by atoms with Gasteiger partial charge >= 0.3 is 0 Å². The Morgan fingerprint density at radius 3 is 0.864 bits per heavy atom. The van der Waals surface area contributed by atoms with Gasteiger partial charge in [-0.1, -0.05) is 18.2 Å². The van der Waals surface area contributed by atoms with Crippen LogP contribution in [-0.2, 0) is 14.2 Å². The Morgan fingerprint density at radius 2 is 0.652 bits per heavy atom. The number of ether oxygens (including phenoxy) is 6. The molecule has 66 heavy (non-hydrogen) atoms. The van der Waals surface area contributed by atoms with Crippen molar-refractivity contribution >= 4 is 0 Å². The van der Waals surface area contributed by atoms with Crippen LogP contribution >= 0.6 is 0 Å². The number of rotatable bonds is 12. The summed E-state index contributed by atoms with van der Waals surface area (Å²) < 4.78 is 35.2. The van der Waals surface area contributed by atoms with Gasteiger partial charge in [-0.05, 0) is 146 Å². The summed E-state index contributed by atoms with van der Waals surface area (Å²) in [5.41, 5.74) is 0.317. The summed E-state index contributed by atoms with van der Waals surface area (Å²) in [6, 6.07) is 21.9. The molecule has 0 amide bonds. The van der Waals surface area contributed by atoms with E-state index < -0.39 is 110 Å². The zero-order valence-corrected chi connectivity index (χ0v) is 37.3. The predicted octanol–water partition coefficient (Wildman–Crippen LogP) is 0.319. The largest absolute Gasteiger partial charge is 0.461 e. The minimum atomic E-state index is -2.03. The molecule has 4 aromatic rings. The molecule has 0 spiro atoms. The van der Waals surface area contributed by atoms with Crippen molar-refractivity contribution in [2.24, 2.45) is 0 Å². The second-order valence-electron chi connectivity index (χ2n) is 18.1. The standard InChI is InChI=1S/C48H60O18/c1-22-13-25(7-10-31(22)61-43-46(4,58)40(55)37(52)34(19-49)64-43)28-16-29(26-8-11-32(23(2)14-26)62-44-47(5,59)41(56)38(53)35(20-50)65-44)18-30(17-28)27-9-12-33(24(3)15-27)63-45-48(6,60)42(57)39(54)36(21-51)66-45/h7-18,34-45,49-60H,19-21H2,1-6H3/t34-,35-,36-,37-,38-,39-,40+,41+,42+,43+,44+,45+,46-,47-,48+/m1/s1. The highest BCUT2D eigenvalue weighted by Crippen LogP contribution is 2.40. The molecular weight excluding hydrogens is 865 g/mol. The Morgan fingerprint density at radius 1 is 0.409 bits per heavy atom. The maximum Gasteiger partial charge on any atom is 0.231 e. The molecule has 12 N–H and O–H groups in total. The van der Waals surface area contributed by atoms with Crippen LogP contribution in [0.5, 0.6) is 17.2 Å². The number of hydrogen-bond acceptors (Lipinski definition) is 18. The van der Waals surface area contributed by atoms with Gasteiger partial charge < -0.3 is 89.7 Å². The van der Waals surface area contributed by atoms with Crippen LogP contribution in [0.1, 0.15) is 37.5 Å². The Hall–Kier alpha value is -4.32. The molecule has 0 aromatic heterocycles. The van der Waals surface area contributed by atoms with Crippen LogP contribution in [0.4, 0.5) is 0 Å². The van der Waals surface area contributed by atoms with Crippen molar-refractivity contribution in [2.45, 2.75) is 132 Å². The van der Waals surface area contributed by atoms with Gasteiger partial charge in [0.25, 0.3) is 0 Å². The molecule has 3 fully saturated rings. The van der Waals surface area contributed by atoms with Crippen molar-refractivity contribution < 1.29 is 89.7 Å². The number of aliphatic hydroxyl groups excluding tert-OH is 9. The zero-order valence-electron chi connectivity index (χ0n) is 37.3. The van der Waals surface area contributed by atoms with Gasteiger partial charge in [-0.25, -0.2) is 0 Å². The fourth-order valence-electron chi connectivity index (χ4n) is 8.45. The van der Waals surface area contributed by atoms with Crippen LogP contribution in [-0.4, -0.2) is 172 Å². The molecule has 0 saturated carbocycles. The van der Waals surface area contributed by atoms with Gasteiger partial charge in [0.1, 0.15) is 72.2 Å². The summed E-state index contributed by atoms with van der Waals surface area (Å²) >= 11 is 0. The minimum Gasteiger partial charge on any atom is -0.461 e. The second kappa shape index (κ2) is 19.0. The maximum absolute atomic E-state index is 11.1. The van der Waals surface area contributed by atoms with E-state index >= 15 is 0 Å². The van der Waals surface area contributed by atoms with Crippen LogP contribution in [0.2, 0.25) is 0 Å². The molecule has 3 aliphatic rings. The van der Waals surface area contributed by atoms with Crippen LogP contribution < -0.4 is 14.2 Å². The quantitative estimate of drug-likeness (QED) is 0.0911. The molecule has 0 bridgehead atoms. The lowest BCUT2D eigenvalue weighted by Gasteiger charge is -2.45. The maximum atomic E-state index is 11.1. The lowest BCUT2D eigenvalue weighted by atomic mass is 9.88. The smallest absolute Gasteiger partial charge is 0.231 e. The van der Waals surface area contributed by atoms with E-state index in [1.807, 2.05) is 36.4 Å². The van der Waals surface area contributed by atoms with E-state index in [9.17, 15) is 61.3 Å². The van der Waals surface area contributed by atoms with E-state index in [-0.39, 0.29) is 0 Å². The third-order valence-electron chi connectivity index (χ3n) is 12.9. The van der Waals surface area contributed by atoms with Crippen LogP contribution in [0.3, 0.4) is 0 Å². The third-order valence-corrected chi connectivity index (χ3v) is 12.9. The molecule has 18 heteroatoms. The normalized spacial score (nSPS) is 35.9. The molecule has 3 heterocycles. The highest BCUT2D eigenvalue weighted by atomic mass is 16.7. The molecule has 4 aromatic carbocycles. The number of aliphatic hydroxyl groups is 12. The molecule has 0 radical (unpaired) electrons. The van der Waals surface area contributed by atoms with Gasteiger partial charge in [-0.3, -0.25) is 0 Å². The monoisotopic (exact) mass is 924 g/mol. The molecule has 15 atom stereocenters. The van der Waals surface area contributed by atoms with Crippen molar-refractivity contribution in [1.82, 2.24) is 0 Å². The predicted molar refractivity (Wildman–Crippen MR) is 234 cm³/mol. The van der Waals surface area contributed by atoms with E-state index in [0.29, 0.717) is 33.9 Å². The average molecular weight is 925 g/mol. The van der Waals surface area contributed by atoms with Gasteiger partial charge in [0, 0.05) is 0 Å². The molecular formula is C48H60O18. The van der Waals surface area contributed by atoms with Gasteiger partial charge in [0.2, 0.25) is 18.9 Å². The molecule has 3 aliphatic heterocycles. The molecule has 0 unspecified atom stereocenters. The van der Waals surface area contributed by atoms with Gasteiger partial charge in [0.15, 0.2) is 16.8 Å². The molecule has 0 aliphatic carbocycles. The topological polar surface area (TPSA) is 298 Å². The molecule has 3 saturated heterocycles. The van der Waals surface area contributed by atoms with Crippen LogP contribution in [0, 0.1) is 20.8 Å². The minimum absolute atomic E-state index is 0.305. The van der Waals surface area contributed by atoms with Crippen molar-refractivity contribution in [1.29, 1.82) is 0 Å². The Bertz CT molecular complexity index is 2080. The third kappa shape index (κ3) is 9.30. The first-order valence-electron chi connectivity index (χ1n) is 21.6. The molecule has 18 nitrogen and oxygen atoms in total. The Balaban J connectivity index is 1.24. The first kappa shape index (κ1) is 49.6. The fraction of sp³-hybridized carbons (Fsp3) is 0.500. The van der Waals surface area contributed by atoms with Crippen LogP contribution in [0.25, 0.3) is 33.4 Å². The summed E-state index contributed by atoms with van der Waals surface area (Å²) in [6.07, 6.45) is -17.6. The number of aryl methyl sites for hydroxylation is 3. The average Bonchev–Trinajstić information content (AvgIpc) is 3.28. The van der Waals surface area contributed by atoms with Gasteiger partial charge in [-0.15, -0.1) is 0 Å². The van der Waals surface area contributed by atoms with E-state index in [4.69, 9.17) is 28.4 Å². The molecule has 360 valence electrons. The second-order valence-corrected chi connectivity index (χ2v) is 18.1. The SMILES string of the molecule is Cc1cc(-c2cc(-c3ccc(O[C@H]4O[C@H](CO)[C@@H](O)[C@H](O)[C@@]4(C)O)c(C)c3)cc(-c3ccc(O[C@H]4O[C@H](CO)[C@@H](O)[C@H](O)[C@]4(C)O)c(C)c3)c2)ccc1O[C@H]1O[C@H](CO)[C@@H](O)[C@H](O)[C@@]1(C)O. The van der Waals surface area contributed by atoms with Crippen molar-refractivity contribution in [3.63, 3.8) is 0 Å². The van der Waals surface area contributed by atoms with E-state index in [1.165, 1.54) is 20.8 Å². The number of benzene rings is 4. The first-order chi connectivity index (χ1) is 31.0. The lowest BCUT2D eigenvalue weighted by molar-refractivity contribution is -0.314. The van der Waals surface area contributed by atoms with Crippen molar-refractivity contribution in [3.05, 3.63) is 89.5 Å². The molecule has 7 rings (SSSR count). The van der Waals surface area contributed by atoms with E-state index in [1.54, 1.807) is 57.2 Å². The van der Waals surface area contributed by atoms with Crippen LogP contribution in [0.15, 0.2) is 72.8 Å². The summed E-state index contributed by atoms with van der Waals surface area (Å²) in [7, 11) is 0. The van der Waals surface area contributed by atoms with Gasteiger partial charge in [0.05, 0.1) is 19.8 Å². The van der Waals surface area contributed by atoms with Crippen molar-refractivity contribution in [2.75, 3.05) is 19.8 Å². The van der Waals surface area contributed by atoms with Gasteiger partial charge in [-0.2, -0.15) is 0 Å². The lowest BCUT2D eigenvalue weighted by Crippen LogP contribution is -2.66. The summed E-state index contributed by atoms with van der Waals surface area (Å²) in [5, 5.41) is 125. The summed E-state index contributed by atoms with van der Waals surface area (Å²) in [5.74, 6) is 0.916. The first-order valence-corrected chi connectivity index (χ1v) is 21.6. The fourth-order valence-corrected chi connectivity index (χ4v) is 8.45. The number of hydrogen-bond donors (Lipinski definition) is 12. The zero-order chi connectivity index (χ0) is 48.2. The van der Waals surface area contributed by atoms with E-state index in [0.717, 1.165) is 33.4 Å². The van der Waals surface area contributed by atoms with Crippen molar-refractivity contribution in [3.8, 4) is 50.6 Å². The Kier molecular flexibility index (Phi) is 14.3. The van der Waals surface area contributed by atoms with E-state index in [2.05, 4.69) is 0 Å².